The molecule has 1 atom stereocenters. The van der Waals surface area contributed by atoms with E-state index in [4.69, 9.17) is 5.26 Å². The van der Waals surface area contributed by atoms with Crippen molar-refractivity contribution in [1.82, 2.24) is 0 Å². The number of nitro groups is 1. The van der Waals surface area contributed by atoms with Gasteiger partial charge in [0.05, 0.1) is 22.1 Å². The quantitative estimate of drug-likeness (QED) is 0.481. The Morgan fingerprint density at radius 2 is 1.86 bits per heavy atom. The Labute approximate surface area is 130 Å². The van der Waals surface area contributed by atoms with Gasteiger partial charge in [-0.15, -0.1) is 0 Å². The summed E-state index contributed by atoms with van der Waals surface area (Å²) >= 11 is -1.29. The number of hydrogen-bond acceptors (Lipinski definition) is 4. The highest BCUT2D eigenvalue weighted by Crippen LogP contribution is 2.20. The summed E-state index contributed by atoms with van der Waals surface area (Å²) in [6.07, 6.45) is 1.50. The van der Waals surface area contributed by atoms with E-state index in [-0.39, 0.29) is 5.69 Å². The molecule has 2 aromatic rings. The van der Waals surface area contributed by atoms with E-state index >= 15 is 0 Å². The summed E-state index contributed by atoms with van der Waals surface area (Å²) in [6, 6.07) is 15.1. The average Bonchev–Trinajstić information content (AvgIpc) is 2.54. The summed E-state index contributed by atoms with van der Waals surface area (Å²) in [7, 11) is 0. The molecule has 1 unspecified atom stereocenters. The molecule has 0 spiro atoms. The van der Waals surface area contributed by atoms with Crippen LogP contribution < -0.4 is 0 Å². The molecule has 0 amide bonds. The van der Waals surface area contributed by atoms with Gasteiger partial charge < -0.3 is 4.55 Å². The molecule has 2 rings (SSSR count). The molecular formula is C16H12N2O3S. The van der Waals surface area contributed by atoms with Crippen molar-refractivity contribution in [1.29, 1.82) is 5.26 Å². The minimum Gasteiger partial charge on any atom is -0.612 e. The van der Waals surface area contributed by atoms with Crippen LogP contribution in [0.1, 0.15) is 16.7 Å². The maximum Gasteiger partial charge on any atom is 0.276 e. The highest BCUT2D eigenvalue weighted by atomic mass is 32.2. The lowest BCUT2D eigenvalue weighted by Crippen LogP contribution is -2.00. The zero-order valence-electron chi connectivity index (χ0n) is 11.5. The van der Waals surface area contributed by atoms with Gasteiger partial charge in [0.15, 0.2) is 0 Å². The van der Waals surface area contributed by atoms with Gasteiger partial charge in [-0.05, 0) is 35.5 Å². The van der Waals surface area contributed by atoms with Crippen molar-refractivity contribution in [2.24, 2.45) is 0 Å². The molecule has 0 radical (unpaired) electrons. The van der Waals surface area contributed by atoms with E-state index in [0.717, 1.165) is 5.56 Å². The van der Waals surface area contributed by atoms with Crippen LogP contribution in [0, 0.1) is 21.4 Å². The van der Waals surface area contributed by atoms with E-state index in [1.54, 1.807) is 42.5 Å². The number of nitro benzene ring substituents is 1. The van der Waals surface area contributed by atoms with Gasteiger partial charge in [-0.3, -0.25) is 10.1 Å². The molecule has 0 aliphatic heterocycles. The molecule has 0 aromatic heterocycles. The SMILES string of the molecule is N#Cc1ccc(C[S+]([O-])C=Cc2ccccc2[N+](=O)[O-])cc1. The summed E-state index contributed by atoms with van der Waals surface area (Å²) in [6.45, 7) is 0. The smallest absolute Gasteiger partial charge is 0.276 e. The van der Waals surface area contributed by atoms with Crippen molar-refractivity contribution in [2.75, 3.05) is 0 Å². The van der Waals surface area contributed by atoms with E-state index in [1.807, 2.05) is 6.07 Å². The van der Waals surface area contributed by atoms with Crippen molar-refractivity contribution in [2.45, 2.75) is 5.75 Å². The zero-order chi connectivity index (χ0) is 15.9. The van der Waals surface area contributed by atoms with Crippen LogP contribution in [0.25, 0.3) is 6.08 Å². The molecule has 6 heteroatoms. The topological polar surface area (TPSA) is 90.0 Å². The molecule has 0 saturated heterocycles. The highest BCUT2D eigenvalue weighted by molar-refractivity contribution is 7.93. The first-order valence-electron chi connectivity index (χ1n) is 6.38. The van der Waals surface area contributed by atoms with E-state index in [0.29, 0.717) is 16.9 Å². The Balaban J connectivity index is 2.06. The molecule has 0 aliphatic rings. The van der Waals surface area contributed by atoms with Gasteiger partial charge in [-0.1, -0.05) is 24.3 Å². The average molecular weight is 312 g/mol. The summed E-state index contributed by atoms with van der Waals surface area (Å²) in [5.41, 5.74) is 1.78. The molecule has 0 heterocycles. The fraction of sp³-hybridized carbons (Fsp3) is 0.0625. The Kier molecular flexibility index (Phi) is 5.31. The zero-order valence-corrected chi connectivity index (χ0v) is 12.3. The predicted molar refractivity (Wildman–Crippen MR) is 85.1 cm³/mol. The highest BCUT2D eigenvalue weighted by Gasteiger charge is 2.11. The van der Waals surface area contributed by atoms with Crippen LogP contribution >= 0.6 is 0 Å². The molecule has 2 aromatic carbocycles. The van der Waals surface area contributed by atoms with E-state index in [9.17, 15) is 14.7 Å². The molecule has 0 N–H and O–H groups in total. The summed E-state index contributed by atoms with van der Waals surface area (Å²) in [5.74, 6) is 0.294. The molecule has 110 valence electrons. The van der Waals surface area contributed by atoms with Crippen LogP contribution in [0.2, 0.25) is 0 Å². The number of nitrogens with zero attached hydrogens (tertiary/aromatic N) is 2. The minimum absolute atomic E-state index is 0.0193. The van der Waals surface area contributed by atoms with Crippen molar-refractivity contribution in [3.05, 3.63) is 80.7 Å². The number of nitriles is 1. The Morgan fingerprint density at radius 3 is 2.50 bits per heavy atom. The standard InChI is InChI=1S/C16H12N2O3S/c17-11-13-5-7-14(8-6-13)12-22(21)10-9-15-3-1-2-4-16(15)18(19)20/h1-10H,12H2. The van der Waals surface area contributed by atoms with Crippen molar-refractivity contribution >= 4 is 22.9 Å². The van der Waals surface area contributed by atoms with Crippen molar-refractivity contribution in [3.63, 3.8) is 0 Å². The molecule has 0 bridgehead atoms. The van der Waals surface area contributed by atoms with Gasteiger partial charge in [0, 0.05) is 11.6 Å². The van der Waals surface area contributed by atoms with Gasteiger partial charge >= 0.3 is 0 Å². The third-order valence-corrected chi connectivity index (χ3v) is 3.98. The van der Waals surface area contributed by atoms with Gasteiger partial charge in [-0.2, -0.15) is 5.26 Å². The first-order chi connectivity index (χ1) is 10.6. The van der Waals surface area contributed by atoms with Crippen LogP contribution in [-0.4, -0.2) is 9.48 Å². The minimum atomic E-state index is -1.29. The molecular weight excluding hydrogens is 300 g/mol. The van der Waals surface area contributed by atoms with Crippen LogP contribution in [-0.2, 0) is 16.9 Å². The summed E-state index contributed by atoms with van der Waals surface area (Å²) in [5, 5.41) is 21.0. The van der Waals surface area contributed by atoms with Gasteiger partial charge in [0.1, 0.15) is 11.2 Å². The maximum absolute atomic E-state index is 12.0. The van der Waals surface area contributed by atoms with Crippen LogP contribution in [0.5, 0.6) is 0 Å². The fourth-order valence-corrected chi connectivity index (χ4v) is 2.75. The van der Waals surface area contributed by atoms with Gasteiger partial charge in [0.2, 0.25) is 0 Å². The molecule has 0 aliphatic carbocycles. The largest absolute Gasteiger partial charge is 0.612 e. The molecule has 5 nitrogen and oxygen atoms in total. The second-order valence-corrected chi connectivity index (χ2v) is 5.77. The molecule has 22 heavy (non-hydrogen) atoms. The first-order valence-corrected chi connectivity index (χ1v) is 7.76. The first kappa shape index (κ1) is 15.8. The number of benzene rings is 2. The lowest BCUT2D eigenvalue weighted by molar-refractivity contribution is -0.385. The van der Waals surface area contributed by atoms with Crippen LogP contribution in [0.15, 0.2) is 53.9 Å². The van der Waals surface area contributed by atoms with Gasteiger partial charge in [-0.25, -0.2) is 0 Å². The Morgan fingerprint density at radius 1 is 1.18 bits per heavy atom. The lowest BCUT2D eigenvalue weighted by Gasteiger charge is -2.05. The second kappa shape index (κ2) is 7.41. The fourth-order valence-electron chi connectivity index (χ4n) is 1.83. The van der Waals surface area contributed by atoms with Crippen molar-refractivity contribution in [3.8, 4) is 6.07 Å². The lowest BCUT2D eigenvalue weighted by atomic mass is 10.2. The maximum atomic E-state index is 12.0. The monoisotopic (exact) mass is 312 g/mol. The van der Waals surface area contributed by atoms with Gasteiger partial charge in [0.25, 0.3) is 5.69 Å². The number of rotatable bonds is 5. The third kappa shape index (κ3) is 4.19. The molecule has 0 fully saturated rings. The van der Waals surface area contributed by atoms with Crippen LogP contribution in [0.4, 0.5) is 5.69 Å². The third-order valence-electron chi connectivity index (χ3n) is 2.92. The molecule has 0 saturated carbocycles. The van der Waals surface area contributed by atoms with E-state index < -0.39 is 16.1 Å². The Bertz CT molecular complexity index is 736. The van der Waals surface area contributed by atoms with E-state index in [2.05, 4.69) is 0 Å². The number of para-hydroxylation sites is 1. The van der Waals surface area contributed by atoms with E-state index in [1.165, 1.54) is 17.6 Å². The van der Waals surface area contributed by atoms with Crippen molar-refractivity contribution < 1.29 is 9.48 Å². The summed E-state index contributed by atoms with van der Waals surface area (Å²) in [4.78, 5) is 10.4. The van der Waals surface area contributed by atoms with Crippen LogP contribution in [0.3, 0.4) is 0 Å². The Hall–Kier alpha value is -2.62. The number of hydrogen-bond donors (Lipinski definition) is 0. The normalized spacial score (nSPS) is 12.0. The predicted octanol–water partition coefficient (Wildman–Crippen LogP) is 3.39. The second-order valence-electron chi connectivity index (χ2n) is 4.45. The summed E-state index contributed by atoms with van der Waals surface area (Å²) < 4.78 is 12.0.